The van der Waals surface area contributed by atoms with Gasteiger partial charge in [-0.15, -0.1) is 0 Å². The third-order valence-electron chi connectivity index (χ3n) is 3.21. The van der Waals surface area contributed by atoms with Gasteiger partial charge >= 0.3 is 5.97 Å². The van der Waals surface area contributed by atoms with E-state index in [1.807, 2.05) is 0 Å². The van der Waals surface area contributed by atoms with Crippen molar-refractivity contribution < 1.29 is 38.2 Å². The van der Waals surface area contributed by atoms with E-state index in [2.05, 4.69) is 21.3 Å². The molecule has 0 spiro atoms. The highest BCUT2D eigenvalue weighted by Gasteiger charge is 2.20. The van der Waals surface area contributed by atoms with E-state index in [0.717, 1.165) is 0 Å². The molecule has 0 aromatic carbocycles. The summed E-state index contributed by atoms with van der Waals surface area (Å²) in [6.07, 6.45) is -2.84. The topological polar surface area (TPSA) is 169 Å². The van der Waals surface area contributed by atoms with Gasteiger partial charge in [0.05, 0.1) is 19.8 Å². The minimum atomic E-state index is -1.19. The summed E-state index contributed by atoms with van der Waals surface area (Å²) in [6, 6.07) is 0. The molecule has 0 aromatic rings. The molecule has 0 aliphatic carbocycles. The lowest BCUT2D eigenvalue weighted by molar-refractivity contribution is -0.156. The lowest BCUT2D eigenvalue weighted by atomic mass is 10.3. The maximum Gasteiger partial charge on any atom is 0.316 e. The minimum Gasteiger partial charge on any atom is -0.452 e. The molecule has 0 radical (unpaired) electrons. The second-order valence-corrected chi connectivity index (χ2v) is 5.70. The van der Waals surface area contributed by atoms with Gasteiger partial charge < -0.3 is 30.7 Å². The summed E-state index contributed by atoms with van der Waals surface area (Å²) in [4.78, 5) is 68.4. The monoisotopic (exact) mass is 498 g/mol. The molecule has 4 amide bonds. The Labute approximate surface area is 206 Å². The van der Waals surface area contributed by atoms with Crippen LogP contribution in [0.25, 0.3) is 0 Å². The summed E-state index contributed by atoms with van der Waals surface area (Å²) in [5.41, 5.74) is 0. The average molecular weight is 499 g/mol. The quantitative estimate of drug-likeness (QED) is 0.178. The second-order valence-electron chi connectivity index (χ2n) is 5.70. The first-order valence-corrected chi connectivity index (χ1v) is 8.37. The molecule has 0 aliphatic rings. The van der Waals surface area contributed by atoms with Crippen LogP contribution in [0.1, 0.15) is 78.2 Å². The fraction of sp³-hybridized carbons (Fsp3) is 0.727. The zero-order valence-corrected chi connectivity index (χ0v) is 16.2. The highest BCUT2D eigenvalue weighted by atomic mass is 16.5. The Bertz CT molecular complexity index is 612. The smallest absolute Gasteiger partial charge is 0.316 e. The molecule has 12 heteroatoms. The molecule has 0 aromatic heterocycles. The van der Waals surface area contributed by atoms with Crippen LogP contribution in [0.4, 0.5) is 0 Å². The average Bonchev–Trinajstić information content (AvgIpc) is 2.59. The number of hydrogen-bond acceptors (Lipinski definition) is 8. The van der Waals surface area contributed by atoms with Gasteiger partial charge in [-0.3, -0.25) is 28.8 Å². The van der Waals surface area contributed by atoms with Crippen LogP contribution < -0.4 is 21.3 Å². The van der Waals surface area contributed by atoms with Crippen LogP contribution in [-0.2, 0) is 38.2 Å². The van der Waals surface area contributed by atoms with Crippen molar-refractivity contribution in [1.82, 2.24) is 21.3 Å². The molecule has 206 valence electrons. The van der Waals surface area contributed by atoms with Crippen molar-refractivity contribution in [2.75, 3.05) is 20.4 Å². The third kappa shape index (κ3) is 23.6. The molecule has 0 heterocycles. The number of esters is 1. The molecule has 0 rings (SSSR count). The first kappa shape index (κ1) is 48.4. The number of hydrogen-bond donors (Lipinski definition) is 4. The molecular weight excluding hydrogens is 448 g/mol. The number of nitrogens with one attached hydrogen (secondary N) is 4. The fourth-order valence-corrected chi connectivity index (χ4v) is 1.63. The Morgan fingerprint density at radius 1 is 0.647 bits per heavy atom. The van der Waals surface area contributed by atoms with E-state index in [1.165, 1.54) is 27.9 Å². The predicted molar refractivity (Wildman–Crippen MR) is 135 cm³/mol. The molecule has 0 saturated carbocycles. The lowest BCUT2D eigenvalue weighted by Gasteiger charge is -2.15. The van der Waals surface area contributed by atoms with Crippen LogP contribution in [0.2, 0.25) is 0 Å². The number of ketones is 1. The van der Waals surface area contributed by atoms with Crippen LogP contribution >= 0.6 is 0 Å². The normalized spacial score (nSPS) is 10.0. The van der Waals surface area contributed by atoms with Gasteiger partial charge in [-0.1, -0.05) is 44.6 Å². The SMILES string of the molecule is C.C.C.C.C.C.COC(C)C(=O)NCNC(=O)C(C)OC(=O)CC(=O)NCNC(=O)CC(C)=O. The Morgan fingerprint density at radius 2 is 1.03 bits per heavy atom. The van der Waals surface area contributed by atoms with E-state index in [-0.39, 0.29) is 70.1 Å². The summed E-state index contributed by atoms with van der Waals surface area (Å²) in [7, 11) is 1.36. The Hall–Kier alpha value is -3.02. The van der Waals surface area contributed by atoms with E-state index in [0.29, 0.717) is 0 Å². The van der Waals surface area contributed by atoms with E-state index in [9.17, 15) is 28.8 Å². The molecule has 0 saturated heterocycles. The number of rotatable bonds is 12. The lowest BCUT2D eigenvalue weighted by Crippen LogP contribution is -2.45. The standard InChI is InChI=1S/C16H26N4O8.6CH4/c1-9(21)5-12(22)17-7-18-13(23)6-14(24)28-11(3)16(26)20-8-19-15(25)10(2)27-4;;;;;;/h10-11H,5-8H2,1-4H3,(H,17,22)(H,18,23)(H,19,25)(H,20,26);6*1H4. The van der Waals surface area contributed by atoms with Crippen LogP contribution in [0, 0.1) is 0 Å². The van der Waals surface area contributed by atoms with Gasteiger partial charge in [0.25, 0.3) is 5.91 Å². The molecule has 2 atom stereocenters. The molecule has 4 N–H and O–H groups in total. The first-order valence-electron chi connectivity index (χ1n) is 8.37. The first-order chi connectivity index (χ1) is 13.1. The second kappa shape index (κ2) is 26.2. The summed E-state index contributed by atoms with van der Waals surface area (Å²) in [6.45, 7) is 3.63. The van der Waals surface area contributed by atoms with Crippen molar-refractivity contribution in [2.24, 2.45) is 0 Å². The molecule has 0 fully saturated rings. The molecular formula is C22H50N4O8. The van der Waals surface area contributed by atoms with E-state index in [1.54, 1.807) is 0 Å². The molecule has 34 heavy (non-hydrogen) atoms. The van der Waals surface area contributed by atoms with Crippen molar-refractivity contribution in [1.29, 1.82) is 0 Å². The van der Waals surface area contributed by atoms with Crippen molar-refractivity contribution in [3.63, 3.8) is 0 Å². The van der Waals surface area contributed by atoms with Crippen molar-refractivity contribution >= 4 is 35.4 Å². The summed E-state index contributed by atoms with van der Waals surface area (Å²) in [5, 5.41) is 9.24. The highest BCUT2D eigenvalue weighted by Crippen LogP contribution is 1.95. The summed E-state index contributed by atoms with van der Waals surface area (Å²) in [5.74, 6) is -3.68. The van der Waals surface area contributed by atoms with Gasteiger partial charge in [-0.05, 0) is 20.8 Å². The van der Waals surface area contributed by atoms with Crippen molar-refractivity contribution in [3.05, 3.63) is 0 Å². The molecule has 12 nitrogen and oxygen atoms in total. The Kier molecular flexibility index (Phi) is 37.4. The van der Waals surface area contributed by atoms with E-state index in [4.69, 9.17) is 9.47 Å². The number of carbonyl (C=O) groups excluding carboxylic acids is 6. The van der Waals surface area contributed by atoms with Gasteiger partial charge in [0, 0.05) is 7.11 Å². The third-order valence-corrected chi connectivity index (χ3v) is 3.21. The van der Waals surface area contributed by atoms with Crippen LogP contribution in [0.3, 0.4) is 0 Å². The van der Waals surface area contributed by atoms with Gasteiger partial charge in [0.15, 0.2) is 6.10 Å². The van der Waals surface area contributed by atoms with Gasteiger partial charge in [-0.2, -0.15) is 0 Å². The van der Waals surface area contributed by atoms with Gasteiger partial charge in [-0.25, -0.2) is 0 Å². The number of ether oxygens (including phenoxy) is 2. The highest BCUT2D eigenvalue weighted by molar-refractivity contribution is 5.97. The van der Waals surface area contributed by atoms with Crippen LogP contribution in [-0.4, -0.2) is 68.0 Å². The number of Topliss-reactive ketones (excluding diaryl/α,β-unsaturated/α-hetero) is 1. The minimum absolute atomic E-state index is 0. The molecule has 0 aliphatic heterocycles. The number of carbonyl (C=O) groups is 6. The fourth-order valence-electron chi connectivity index (χ4n) is 1.63. The van der Waals surface area contributed by atoms with Crippen molar-refractivity contribution in [2.45, 2.75) is 90.4 Å². The predicted octanol–water partition coefficient (Wildman–Crippen LogP) is 1.52. The van der Waals surface area contributed by atoms with Crippen LogP contribution in [0.5, 0.6) is 0 Å². The van der Waals surface area contributed by atoms with E-state index >= 15 is 0 Å². The maximum atomic E-state index is 11.8. The van der Waals surface area contributed by atoms with Gasteiger partial charge in [0.2, 0.25) is 17.7 Å². The molecule has 2 unspecified atom stereocenters. The van der Waals surface area contributed by atoms with E-state index < -0.39 is 48.2 Å². The maximum absolute atomic E-state index is 11.8. The summed E-state index contributed by atoms with van der Waals surface area (Å²) < 4.78 is 9.60. The number of methoxy groups -OCH3 is 1. The Balaban J connectivity index is -0.000000243. The molecule has 0 bridgehead atoms. The number of amides is 4. The van der Waals surface area contributed by atoms with Crippen LogP contribution in [0.15, 0.2) is 0 Å². The van der Waals surface area contributed by atoms with Gasteiger partial charge in [0.1, 0.15) is 18.3 Å². The Morgan fingerprint density at radius 3 is 1.44 bits per heavy atom. The summed E-state index contributed by atoms with van der Waals surface area (Å²) >= 11 is 0. The largest absolute Gasteiger partial charge is 0.452 e. The van der Waals surface area contributed by atoms with Crippen molar-refractivity contribution in [3.8, 4) is 0 Å². The zero-order chi connectivity index (χ0) is 21.7. The zero-order valence-electron chi connectivity index (χ0n) is 16.2.